The van der Waals surface area contributed by atoms with Crippen molar-refractivity contribution in [2.24, 2.45) is 11.8 Å². The third-order valence-electron chi connectivity index (χ3n) is 4.20. The second-order valence-corrected chi connectivity index (χ2v) is 5.54. The van der Waals surface area contributed by atoms with Gasteiger partial charge in [0.15, 0.2) is 5.78 Å². The van der Waals surface area contributed by atoms with Crippen LogP contribution in [0.1, 0.15) is 34.6 Å². The molecule has 0 heterocycles. The second-order valence-electron chi connectivity index (χ2n) is 5.54. The lowest BCUT2D eigenvalue weighted by Gasteiger charge is -2.27. The van der Waals surface area contributed by atoms with Crippen molar-refractivity contribution in [3.8, 4) is 0 Å². The molecule has 0 aliphatic heterocycles. The first-order chi connectivity index (χ1) is 9.93. The first-order valence-electron chi connectivity index (χ1n) is 7.46. The molecule has 1 nitrogen and oxygen atoms in total. The topological polar surface area (TPSA) is 17.1 Å². The zero-order valence-corrected chi connectivity index (χ0v) is 13.8. The van der Waals surface area contributed by atoms with E-state index in [4.69, 9.17) is 0 Å². The van der Waals surface area contributed by atoms with Gasteiger partial charge in [0.2, 0.25) is 0 Å². The fourth-order valence-corrected chi connectivity index (χ4v) is 2.84. The predicted molar refractivity (Wildman–Crippen MR) is 92.0 cm³/mol. The number of hydrogen-bond acceptors (Lipinski definition) is 1. The maximum atomic E-state index is 11.7. The predicted octanol–water partition coefficient (Wildman–Crippen LogP) is 5.35. The Morgan fingerprint density at radius 1 is 1.29 bits per heavy atom. The zero-order chi connectivity index (χ0) is 16.0. The van der Waals surface area contributed by atoms with Gasteiger partial charge in [-0.25, -0.2) is 0 Å². The molecule has 0 amide bonds. The molecule has 2 unspecified atom stereocenters. The molecule has 1 aliphatic rings. The SMILES string of the molecule is C=CC=C(C=CC)C(C)=C(C)C1C=CC=C(C(C)=O)C1C. The molecule has 0 N–H and O–H groups in total. The number of ketones is 1. The number of carbonyl (C=O) groups is 1. The lowest BCUT2D eigenvalue weighted by atomic mass is 9.76. The van der Waals surface area contributed by atoms with Crippen LogP contribution in [0.3, 0.4) is 0 Å². The first kappa shape index (κ1) is 17.2. The average Bonchev–Trinajstić information content (AvgIpc) is 2.45. The van der Waals surface area contributed by atoms with Gasteiger partial charge in [-0.05, 0) is 50.3 Å². The Morgan fingerprint density at radius 3 is 2.48 bits per heavy atom. The Balaban J connectivity index is 3.20. The summed E-state index contributed by atoms with van der Waals surface area (Å²) in [6.45, 7) is 13.9. The van der Waals surface area contributed by atoms with E-state index >= 15 is 0 Å². The third kappa shape index (κ3) is 4.04. The van der Waals surface area contributed by atoms with Crippen LogP contribution in [-0.2, 0) is 4.79 Å². The van der Waals surface area contributed by atoms with Crippen molar-refractivity contribution in [3.05, 3.63) is 71.4 Å². The summed E-state index contributed by atoms with van der Waals surface area (Å²) >= 11 is 0. The molecule has 0 aromatic heterocycles. The summed E-state index contributed by atoms with van der Waals surface area (Å²) in [6, 6.07) is 0. The molecule has 21 heavy (non-hydrogen) atoms. The average molecular weight is 282 g/mol. The summed E-state index contributed by atoms with van der Waals surface area (Å²) in [5, 5.41) is 0. The lowest BCUT2D eigenvalue weighted by molar-refractivity contribution is -0.114. The Morgan fingerprint density at radius 2 is 1.95 bits per heavy atom. The minimum absolute atomic E-state index is 0.164. The van der Waals surface area contributed by atoms with Gasteiger partial charge >= 0.3 is 0 Å². The Hall–Kier alpha value is -1.89. The zero-order valence-electron chi connectivity index (χ0n) is 13.8. The van der Waals surface area contributed by atoms with Gasteiger partial charge in [0.05, 0.1) is 0 Å². The molecular weight excluding hydrogens is 256 g/mol. The monoisotopic (exact) mass is 282 g/mol. The quantitative estimate of drug-likeness (QED) is 0.621. The van der Waals surface area contributed by atoms with Crippen LogP contribution in [-0.4, -0.2) is 5.78 Å². The Kier molecular flexibility index (Phi) is 6.36. The van der Waals surface area contributed by atoms with E-state index in [1.165, 1.54) is 16.7 Å². The van der Waals surface area contributed by atoms with Crippen molar-refractivity contribution in [1.82, 2.24) is 0 Å². The van der Waals surface area contributed by atoms with E-state index in [0.29, 0.717) is 0 Å². The highest BCUT2D eigenvalue weighted by Crippen LogP contribution is 2.34. The Bertz CT molecular complexity index is 565. The summed E-state index contributed by atoms with van der Waals surface area (Å²) in [4.78, 5) is 11.7. The molecule has 0 spiro atoms. The molecule has 0 saturated heterocycles. The van der Waals surface area contributed by atoms with E-state index < -0.39 is 0 Å². The molecule has 2 atom stereocenters. The Labute approximate surface area is 129 Å². The van der Waals surface area contributed by atoms with Crippen LogP contribution in [0.5, 0.6) is 0 Å². The van der Waals surface area contributed by atoms with Gasteiger partial charge in [0, 0.05) is 5.92 Å². The van der Waals surface area contributed by atoms with Crippen molar-refractivity contribution in [3.63, 3.8) is 0 Å². The van der Waals surface area contributed by atoms with Crippen LogP contribution < -0.4 is 0 Å². The van der Waals surface area contributed by atoms with E-state index in [-0.39, 0.29) is 17.6 Å². The molecule has 112 valence electrons. The molecule has 0 fully saturated rings. The van der Waals surface area contributed by atoms with Crippen LogP contribution in [0, 0.1) is 11.8 Å². The van der Waals surface area contributed by atoms with Gasteiger partial charge in [-0.2, -0.15) is 0 Å². The van der Waals surface area contributed by atoms with Crippen LogP contribution in [0.4, 0.5) is 0 Å². The smallest absolute Gasteiger partial charge is 0.156 e. The summed E-state index contributed by atoms with van der Waals surface area (Å²) in [6.07, 6.45) is 14.1. The molecule has 0 bridgehead atoms. The van der Waals surface area contributed by atoms with Crippen molar-refractivity contribution in [2.45, 2.75) is 34.6 Å². The molecular formula is C20H26O. The van der Waals surface area contributed by atoms with Gasteiger partial charge in [-0.3, -0.25) is 4.79 Å². The van der Waals surface area contributed by atoms with Crippen molar-refractivity contribution < 1.29 is 4.79 Å². The van der Waals surface area contributed by atoms with E-state index in [9.17, 15) is 4.79 Å². The fourth-order valence-electron chi connectivity index (χ4n) is 2.84. The summed E-state index contributed by atoms with van der Waals surface area (Å²) in [5.74, 6) is 0.656. The van der Waals surface area contributed by atoms with Crippen molar-refractivity contribution in [2.75, 3.05) is 0 Å². The summed E-state index contributed by atoms with van der Waals surface area (Å²) < 4.78 is 0. The van der Waals surface area contributed by atoms with E-state index in [2.05, 4.69) is 39.5 Å². The normalized spacial score (nSPS) is 23.9. The van der Waals surface area contributed by atoms with Crippen molar-refractivity contribution >= 4 is 5.78 Å². The number of Topliss-reactive ketones (excluding diaryl/α,β-unsaturated/α-hetero) is 1. The molecule has 1 heteroatoms. The summed E-state index contributed by atoms with van der Waals surface area (Å²) in [5.41, 5.74) is 4.63. The van der Waals surface area contributed by atoms with Gasteiger partial charge in [0.25, 0.3) is 0 Å². The lowest BCUT2D eigenvalue weighted by Crippen LogP contribution is -2.20. The van der Waals surface area contributed by atoms with Gasteiger partial charge in [-0.1, -0.05) is 61.6 Å². The fraction of sp³-hybridized carbons (Fsp3) is 0.350. The number of carbonyl (C=O) groups excluding carboxylic acids is 1. The van der Waals surface area contributed by atoms with Gasteiger partial charge in [0.1, 0.15) is 0 Å². The second kappa shape index (κ2) is 7.78. The number of hydrogen-bond donors (Lipinski definition) is 0. The first-order valence-corrected chi connectivity index (χ1v) is 7.46. The van der Waals surface area contributed by atoms with Crippen LogP contribution >= 0.6 is 0 Å². The standard InChI is InChI=1S/C20H26O/c1-7-10-18(11-8-2)14(3)15(4)19-12-9-13-20(16(19)5)17(6)21/h7-13,16,19H,1H2,2-6H3. The minimum Gasteiger partial charge on any atom is -0.295 e. The van der Waals surface area contributed by atoms with E-state index in [1.807, 2.05) is 37.3 Å². The van der Waals surface area contributed by atoms with Crippen LogP contribution in [0.2, 0.25) is 0 Å². The summed E-state index contributed by atoms with van der Waals surface area (Å²) in [7, 11) is 0. The molecule has 0 saturated carbocycles. The number of rotatable bonds is 5. The molecule has 0 aromatic rings. The van der Waals surface area contributed by atoms with Crippen LogP contribution in [0.15, 0.2) is 71.4 Å². The maximum Gasteiger partial charge on any atom is 0.156 e. The highest BCUT2D eigenvalue weighted by atomic mass is 16.1. The van der Waals surface area contributed by atoms with Crippen LogP contribution in [0.25, 0.3) is 0 Å². The highest BCUT2D eigenvalue weighted by molar-refractivity contribution is 5.94. The molecule has 1 rings (SSSR count). The van der Waals surface area contributed by atoms with E-state index in [1.54, 1.807) is 6.92 Å². The highest BCUT2D eigenvalue weighted by Gasteiger charge is 2.25. The van der Waals surface area contributed by atoms with Crippen molar-refractivity contribution in [1.29, 1.82) is 0 Å². The molecule has 0 aromatic carbocycles. The molecule has 1 aliphatic carbocycles. The largest absolute Gasteiger partial charge is 0.295 e. The van der Waals surface area contributed by atoms with Gasteiger partial charge in [-0.15, -0.1) is 0 Å². The van der Waals surface area contributed by atoms with E-state index in [0.717, 1.165) is 5.57 Å². The van der Waals surface area contributed by atoms with Gasteiger partial charge < -0.3 is 0 Å². The third-order valence-corrected chi connectivity index (χ3v) is 4.20. The maximum absolute atomic E-state index is 11.7. The molecule has 0 radical (unpaired) electrons. The number of allylic oxidation sites excluding steroid dienone is 11. The minimum atomic E-state index is 0.164.